The summed E-state index contributed by atoms with van der Waals surface area (Å²) in [5, 5.41) is 5.05. The summed E-state index contributed by atoms with van der Waals surface area (Å²) in [6.07, 6.45) is 1.57. The number of amides is 2. The highest BCUT2D eigenvalue weighted by Gasteiger charge is 2.08. The number of anilines is 2. The van der Waals surface area contributed by atoms with E-state index >= 15 is 0 Å². The molecule has 2 rings (SSSR count). The van der Waals surface area contributed by atoms with E-state index in [0.717, 1.165) is 22.6 Å². The molecule has 0 bridgehead atoms. The molecule has 4 N–H and O–H groups in total. The van der Waals surface area contributed by atoms with Gasteiger partial charge in [0.05, 0.1) is 0 Å². The second kappa shape index (κ2) is 6.13. The van der Waals surface area contributed by atoms with Crippen molar-refractivity contribution in [3.8, 4) is 11.5 Å². The quantitative estimate of drug-likeness (QED) is 0.757. The minimum atomic E-state index is -0.334. The largest absolute Gasteiger partial charge is 0.457 e. The number of nitrogens with one attached hydrogen (secondary N) is 2. The molecule has 6 nitrogen and oxygen atoms in total. The molecule has 2 amide bonds. The lowest BCUT2D eigenvalue weighted by Gasteiger charge is -2.13. The van der Waals surface area contributed by atoms with Gasteiger partial charge in [-0.05, 0) is 43.2 Å². The maximum atomic E-state index is 11.3. The van der Waals surface area contributed by atoms with Gasteiger partial charge < -0.3 is 15.8 Å². The van der Waals surface area contributed by atoms with Crippen LogP contribution < -0.4 is 21.1 Å². The Hall–Kier alpha value is -2.76. The number of nitrogen functional groups attached to an aromatic ring is 1. The number of ether oxygens (including phenoxy) is 1. The highest BCUT2D eigenvalue weighted by Crippen LogP contribution is 2.30. The van der Waals surface area contributed by atoms with Gasteiger partial charge in [0.25, 0.3) is 0 Å². The zero-order valence-electron chi connectivity index (χ0n) is 12.2. The molecule has 0 aliphatic heterocycles. The molecule has 0 saturated carbocycles. The lowest BCUT2D eigenvalue weighted by Crippen LogP contribution is -2.24. The minimum Gasteiger partial charge on any atom is -0.457 e. The number of carbonyl (C=O) groups excluding carboxylic acids is 1. The van der Waals surface area contributed by atoms with Crippen LogP contribution in [0.5, 0.6) is 11.5 Å². The average Bonchev–Trinajstić information content (AvgIpc) is 2.48. The van der Waals surface area contributed by atoms with Crippen molar-refractivity contribution in [2.24, 2.45) is 0 Å². The monoisotopic (exact) mass is 286 g/mol. The van der Waals surface area contributed by atoms with Crippen molar-refractivity contribution in [3.63, 3.8) is 0 Å². The van der Waals surface area contributed by atoms with Gasteiger partial charge >= 0.3 is 6.03 Å². The number of aromatic nitrogens is 1. The van der Waals surface area contributed by atoms with Crippen molar-refractivity contribution in [2.75, 3.05) is 18.1 Å². The zero-order chi connectivity index (χ0) is 15.4. The van der Waals surface area contributed by atoms with Crippen LogP contribution in [0, 0.1) is 13.8 Å². The third-order valence-electron chi connectivity index (χ3n) is 3.21. The van der Waals surface area contributed by atoms with E-state index in [-0.39, 0.29) is 6.03 Å². The summed E-state index contributed by atoms with van der Waals surface area (Å²) in [6.45, 7) is 3.90. The molecule has 0 aliphatic rings. The molecule has 0 fully saturated rings. The number of pyridine rings is 1. The fourth-order valence-electron chi connectivity index (χ4n) is 1.78. The van der Waals surface area contributed by atoms with E-state index in [1.807, 2.05) is 26.0 Å². The molecule has 0 spiro atoms. The first kappa shape index (κ1) is 14.6. The first-order valence-electron chi connectivity index (χ1n) is 6.49. The van der Waals surface area contributed by atoms with Crippen molar-refractivity contribution in [1.82, 2.24) is 10.3 Å². The molecular formula is C15H18N4O2. The Morgan fingerprint density at radius 3 is 2.71 bits per heavy atom. The summed E-state index contributed by atoms with van der Waals surface area (Å²) < 4.78 is 5.83. The Morgan fingerprint density at radius 2 is 2.00 bits per heavy atom. The van der Waals surface area contributed by atoms with Crippen LogP contribution >= 0.6 is 0 Å². The SMILES string of the molecule is CNC(=O)Nc1cc(Oc2ccc(N)c(C)c2C)ccn1. The molecule has 1 aromatic carbocycles. The van der Waals surface area contributed by atoms with E-state index in [9.17, 15) is 4.79 Å². The third kappa shape index (κ3) is 3.42. The smallest absolute Gasteiger partial charge is 0.320 e. The number of nitrogens with two attached hydrogens (primary N) is 1. The lowest BCUT2D eigenvalue weighted by molar-refractivity contribution is 0.254. The third-order valence-corrected chi connectivity index (χ3v) is 3.21. The van der Waals surface area contributed by atoms with Gasteiger partial charge in [-0.25, -0.2) is 9.78 Å². The molecule has 110 valence electrons. The number of hydrogen-bond donors (Lipinski definition) is 3. The van der Waals surface area contributed by atoms with Crippen molar-refractivity contribution < 1.29 is 9.53 Å². The maximum absolute atomic E-state index is 11.3. The first-order chi connectivity index (χ1) is 10.0. The molecular weight excluding hydrogens is 268 g/mol. The highest BCUT2D eigenvalue weighted by atomic mass is 16.5. The van der Waals surface area contributed by atoms with Crippen molar-refractivity contribution in [2.45, 2.75) is 13.8 Å². The van der Waals surface area contributed by atoms with E-state index in [2.05, 4.69) is 15.6 Å². The van der Waals surface area contributed by atoms with Crippen LogP contribution in [-0.2, 0) is 0 Å². The predicted octanol–water partition coefficient (Wildman–Crippen LogP) is 2.82. The predicted molar refractivity (Wildman–Crippen MR) is 82.7 cm³/mol. The number of carbonyl (C=O) groups is 1. The van der Waals surface area contributed by atoms with Crippen molar-refractivity contribution in [1.29, 1.82) is 0 Å². The van der Waals surface area contributed by atoms with Crippen LogP contribution in [0.1, 0.15) is 11.1 Å². The van der Waals surface area contributed by atoms with Crippen LogP contribution in [0.3, 0.4) is 0 Å². The molecule has 0 aliphatic carbocycles. The minimum absolute atomic E-state index is 0.334. The summed E-state index contributed by atoms with van der Waals surface area (Å²) in [5.41, 5.74) is 8.56. The number of urea groups is 1. The van der Waals surface area contributed by atoms with E-state index < -0.39 is 0 Å². The molecule has 6 heteroatoms. The fourth-order valence-corrected chi connectivity index (χ4v) is 1.78. The van der Waals surface area contributed by atoms with Crippen LogP contribution in [0.25, 0.3) is 0 Å². The normalized spacial score (nSPS) is 10.0. The summed E-state index contributed by atoms with van der Waals surface area (Å²) in [7, 11) is 1.54. The van der Waals surface area contributed by atoms with Crippen LogP contribution in [0.15, 0.2) is 30.5 Å². The standard InChI is InChI=1S/C15H18N4O2/c1-9-10(2)13(5-4-12(9)16)21-11-6-7-18-14(8-11)19-15(20)17-3/h4-8H,16H2,1-3H3,(H2,17,18,19,20). The number of rotatable bonds is 3. The van der Waals surface area contributed by atoms with Gasteiger partial charge in [-0.1, -0.05) is 0 Å². The molecule has 1 heterocycles. The van der Waals surface area contributed by atoms with E-state index in [0.29, 0.717) is 11.6 Å². The molecule has 0 atom stereocenters. The van der Waals surface area contributed by atoms with E-state index in [4.69, 9.17) is 10.5 Å². The van der Waals surface area contributed by atoms with Crippen molar-refractivity contribution >= 4 is 17.5 Å². The van der Waals surface area contributed by atoms with Gasteiger partial charge in [0.1, 0.15) is 17.3 Å². The Labute approximate surface area is 123 Å². The molecule has 2 aromatic rings. The first-order valence-corrected chi connectivity index (χ1v) is 6.49. The van der Waals surface area contributed by atoms with Gasteiger partial charge in [0.2, 0.25) is 0 Å². The Kier molecular flexibility index (Phi) is 4.27. The summed E-state index contributed by atoms with van der Waals surface area (Å²) >= 11 is 0. The zero-order valence-corrected chi connectivity index (χ0v) is 12.2. The Bertz CT molecular complexity index is 671. The second-order valence-corrected chi connectivity index (χ2v) is 4.59. The van der Waals surface area contributed by atoms with Crippen LogP contribution in [0.4, 0.5) is 16.3 Å². The number of hydrogen-bond acceptors (Lipinski definition) is 4. The van der Waals surface area contributed by atoms with Gasteiger partial charge in [0, 0.05) is 25.0 Å². The molecule has 0 unspecified atom stereocenters. The molecule has 0 radical (unpaired) electrons. The van der Waals surface area contributed by atoms with Crippen molar-refractivity contribution in [3.05, 3.63) is 41.6 Å². The second-order valence-electron chi connectivity index (χ2n) is 4.59. The fraction of sp³-hybridized carbons (Fsp3) is 0.200. The van der Waals surface area contributed by atoms with E-state index in [1.165, 1.54) is 7.05 Å². The lowest BCUT2D eigenvalue weighted by atomic mass is 10.1. The Morgan fingerprint density at radius 1 is 1.24 bits per heavy atom. The Balaban J connectivity index is 2.22. The van der Waals surface area contributed by atoms with Gasteiger partial charge in [0.15, 0.2) is 0 Å². The summed E-state index contributed by atoms with van der Waals surface area (Å²) in [6, 6.07) is 6.67. The molecule has 21 heavy (non-hydrogen) atoms. The molecule has 1 aromatic heterocycles. The number of nitrogens with zero attached hydrogens (tertiary/aromatic N) is 1. The van der Waals surface area contributed by atoms with Gasteiger partial charge in [-0.15, -0.1) is 0 Å². The molecule has 0 saturated heterocycles. The number of benzene rings is 1. The highest BCUT2D eigenvalue weighted by molar-refractivity contribution is 5.88. The summed E-state index contributed by atoms with van der Waals surface area (Å²) in [4.78, 5) is 15.3. The van der Waals surface area contributed by atoms with E-state index in [1.54, 1.807) is 18.3 Å². The summed E-state index contributed by atoms with van der Waals surface area (Å²) in [5.74, 6) is 1.72. The van der Waals surface area contributed by atoms with Gasteiger partial charge in [-0.3, -0.25) is 5.32 Å². The van der Waals surface area contributed by atoms with Crippen LogP contribution in [0.2, 0.25) is 0 Å². The average molecular weight is 286 g/mol. The maximum Gasteiger partial charge on any atom is 0.320 e. The van der Waals surface area contributed by atoms with Gasteiger partial charge in [-0.2, -0.15) is 0 Å². The van der Waals surface area contributed by atoms with Crippen LogP contribution in [-0.4, -0.2) is 18.1 Å². The topological polar surface area (TPSA) is 89.3 Å².